The van der Waals surface area contributed by atoms with E-state index in [1.807, 2.05) is 48.5 Å². The molecule has 2 nitrogen and oxygen atoms in total. The highest BCUT2D eigenvalue weighted by Crippen LogP contribution is 2.23. The molecule has 2 aromatic carbocycles. The number of hydrogen-bond donors (Lipinski definition) is 1. The highest BCUT2D eigenvalue weighted by Gasteiger charge is 2.18. The van der Waals surface area contributed by atoms with Gasteiger partial charge in [-0.25, -0.2) is 0 Å². The number of benzene rings is 2. The Morgan fingerprint density at radius 3 is 2.05 bits per heavy atom. The molecule has 0 fully saturated rings. The molecule has 0 saturated carbocycles. The van der Waals surface area contributed by atoms with Crippen LogP contribution in [0.4, 0.5) is 0 Å². The minimum atomic E-state index is -1.31. The van der Waals surface area contributed by atoms with Gasteiger partial charge in [-0.3, -0.25) is 0 Å². The predicted molar refractivity (Wildman–Crippen MR) is 95.4 cm³/mol. The lowest BCUT2D eigenvalue weighted by molar-refractivity contribution is -0.123. The molecule has 0 aromatic heterocycles. The van der Waals surface area contributed by atoms with Crippen LogP contribution in [-0.2, 0) is 6.54 Å². The average molecular weight is 312 g/mol. The van der Waals surface area contributed by atoms with Crippen molar-refractivity contribution in [2.24, 2.45) is 0 Å². The van der Waals surface area contributed by atoms with Gasteiger partial charge in [-0.1, -0.05) is 92.1 Å². The van der Waals surface area contributed by atoms with Crippen LogP contribution in [0, 0.1) is 0 Å². The lowest BCUT2D eigenvalue weighted by Crippen LogP contribution is -2.25. The van der Waals surface area contributed by atoms with Gasteiger partial charge >= 0.3 is 0 Å². The van der Waals surface area contributed by atoms with Gasteiger partial charge in [0, 0.05) is 6.54 Å². The molecule has 0 aliphatic carbocycles. The third-order valence-electron chi connectivity index (χ3n) is 3.43. The van der Waals surface area contributed by atoms with Gasteiger partial charge in [0.15, 0.2) is 0 Å². The van der Waals surface area contributed by atoms with E-state index in [2.05, 4.69) is 43.5 Å². The van der Waals surface area contributed by atoms with E-state index in [0.29, 0.717) is 6.54 Å². The molecular formula is C19H25NOSi. The summed E-state index contributed by atoms with van der Waals surface area (Å²) < 4.78 is 0. The van der Waals surface area contributed by atoms with Gasteiger partial charge in [0.25, 0.3) is 0 Å². The first-order valence-electron chi connectivity index (χ1n) is 7.69. The largest absolute Gasteiger partial charge is 0.313 e. The summed E-state index contributed by atoms with van der Waals surface area (Å²) in [4.78, 5) is 0. The highest BCUT2D eigenvalue weighted by molar-refractivity contribution is 6.80. The first-order valence-corrected chi connectivity index (χ1v) is 11.3. The van der Waals surface area contributed by atoms with Gasteiger partial charge < -0.3 is 5.21 Å². The Morgan fingerprint density at radius 2 is 1.50 bits per heavy atom. The molecule has 1 unspecified atom stereocenters. The van der Waals surface area contributed by atoms with E-state index >= 15 is 0 Å². The molecule has 116 valence electrons. The molecule has 1 atom stereocenters. The Balaban J connectivity index is 2.22. The van der Waals surface area contributed by atoms with E-state index in [-0.39, 0.29) is 6.04 Å². The molecule has 0 aliphatic rings. The molecule has 1 N–H and O–H groups in total. The molecule has 2 aromatic rings. The van der Waals surface area contributed by atoms with E-state index < -0.39 is 8.07 Å². The van der Waals surface area contributed by atoms with Crippen LogP contribution in [0.5, 0.6) is 0 Å². The first-order chi connectivity index (χ1) is 10.5. The maximum atomic E-state index is 10.6. The van der Waals surface area contributed by atoms with Crippen molar-refractivity contribution < 1.29 is 5.21 Å². The van der Waals surface area contributed by atoms with Gasteiger partial charge in [-0.15, -0.1) is 0 Å². The quantitative estimate of drug-likeness (QED) is 0.596. The summed E-state index contributed by atoms with van der Waals surface area (Å²) in [5.74, 6) is 0. The topological polar surface area (TPSA) is 23.5 Å². The Kier molecular flexibility index (Phi) is 5.72. The molecule has 0 bridgehead atoms. The summed E-state index contributed by atoms with van der Waals surface area (Å²) in [5, 5.41) is 12.0. The van der Waals surface area contributed by atoms with E-state index in [0.717, 1.165) is 11.1 Å². The standard InChI is InChI=1S/C19H25NOSi/c1-22(2,3)15-14-19(18-12-8-5-9-13-18)20(21)16-17-10-6-4-7-11-17/h4-15,19,21H,16H2,1-3H3/b15-14+. The monoisotopic (exact) mass is 311 g/mol. The molecule has 3 heteroatoms. The van der Waals surface area contributed by atoms with Gasteiger partial charge in [0.05, 0.1) is 14.1 Å². The Hall–Kier alpha value is -1.68. The van der Waals surface area contributed by atoms with Crippen molar-refractivity contribution >= 4 is 8.07 Å². The normalized spacial score (nSPS) is 13.7. The van der Waals surface area contributed by atoms with Gasteiger partial charge in [-0.05, 0) is 11.1 Å². The van der Waals surface area contributed by atoms with Gasteiger partial charge in [0.2, 0.25) is 0 Å². The van der Waals surface area contributed by atoms with Crippen molar-refractivity contribution in [3.05, 3.63) is 83.6 Å². The molecular weight excluding hydrogens is 286 g/mol. The van der Waals surface area contributed by atoms with Crippen LogP contribution in [0.3, 0.4) is 0 Å². The summed E-state index contributed by atoms with van der Waals surface area (Å²) in [6, 6.07) is 20.1. The average Bonchev–Trinajstić information content (AvgIpc) is 2.48. The van der Waals surface area contributed by atoms with Gasteiger partial charge in [0.1, 0.15) is 0 Å². The number of rotatable bonds is 6. The minimum absolute atomic E-state index is 0.117. The Labute approximate surface area is 134 Å². The molecule has 0 spiro atoms. The van der Waals surface area contributed by atoms with Crippen LogP contribution in [0.1, 0.15) is 17.2 Å². The van der Waals surface area contributed by atoms with Crippen LogP contribution in [0.2, 0.25) is 19.6 Å². The zero-order chi connectivity index (χ0) is 16.0. The van der Waals surface area contributed by atoms with Crippen molar-refractivity contribution in [2.75, 3.05) is 0 Å². The molecule has 0 amide bonds. The smallest absolute Gasteiger partial charge is 0.0780 e. The molecule has 22 heavy (non-hydrogen) atoms. The zero-order valence-corrected chi connectivity index (χ0v) is 14.6. The number of nitrogens with zero attached hydrogens (tertiary/aromatic N) is 1. The molecule has 0 saturated heterocycles. The SMILES string of the molecule is C[Si](C)(C)/C=C/C(c1ccccc1)N(O)Cc1ccccc1. The number of hydroxylamine groups is 2. The summed E-state index contributed by atoms with van der Waals surface area (Å²) in [7, 11) is -1.31. The van der Waals surface area contributed by atoms with Crippen molar-refractivity contribution in [3.8, 4) is 0 Å². The molecule has 0 radical (unpaired) electrons. The molecule has 0 aliphatic heterocycles. The fraction of sp³-hybridized carbons (Fsp3) is 0.263. The summed E-state index contributed by atoms with van der Waals surface area (Å²) >= 11 is 0. The van der Waals surface area contributed by atoms with E-state index in [1.54, 1.807) is 0 Å². The molecule has 2 rings (SSSR count). The zero-order valence-electron chi connectivity index (χ0n) is 13.6. The van der Waals surface area contributed by atoms with E-state index in [1.165, 1.54) is 5.06 Å². The number of hydrogen-bond acceptors (Lipinski definition) is 2. The fourth-order valence-electron chi connectivity index (χ4n) is 2.28. The maximum absolute atomic E-state index is 10.6. The van der Waals surface area contributed by atoms with Crippen LogP contribution in [0.15, 0.2) is 72.4 Å². The Morgan fingerprint density at radius 1 is 0.955 bits per heavy atom. The van der Waals surface area contributed by atoms with Crippen molar-refractivity contribution in [1.29, 1.82) is 0 Å². The first kappa shape index (κ1) is 16.7. The van der Waals surface area contributed by atoms with Crippen LogP contribution in [0.25, 0.3) is 0 Å². The minimum Gasteiger partial charge on any atom is -0.313 e. The van der Waals surface area contributed by atoms with Crippen molar-refractivity contribution in [3.63, 3.8) is 0 Å². The van der Waals surface area contributed by atoms with Crippen LogP contribution < -0.4 is 0 Å². The third kappa shape index (κ3) is 5.26. The summed E-state index contributed by atoms with van der Waals surface area (Å²) in [6.45, 7) is 7.40. The highest BCUT2D eigenvalue weighted by atomic mass is 28.3. The van der Waals surface area contributed by atoms with Crippen molar-refractivity contribution in [1.82, 2.24) is 5.06 Å². The lowest BCUT2D eigenvalue weighted by atomic mass is 10.1. The fourth-order valence-corrected chi connectivity index (χ4v) is 3.04. The second kappa shape index (κ2) is 7.54. The molecule has 0 heterocycles. The van der Waals surface area contributed by atoms with Crippen LogP contribution >= 0.6 is 0 Å². The van der Waals surface area contributed by atoms with E-state index in [4.69, 9.17) is 0 Å². The summed E-state index contributed by atoms with van der Waals surface area (Å²) in [5.41, 5.74) is 4.50. The van der Waals surface area contributed by atoms with Crippen LogP contribution in [-0.4, -0.2) is 18.3 Å². The van der Waals surface area contributed by atoms with Gasteiger partial charge in [-0.2, -0.15) is 5.06 Å². The Bertz CT molecular complexity index is 590. The third-order valence-corrected chi connectivity index (χ3v) is 4.62. The maximum Gasteiger partial charge on any atom is 0.0780 e. The summed E-state index contributed by atoms with van der Waals surface area (Å²) in [6.07, 6.45) is 2.14. The lowest BCUT2D eigenvalue weighted by Gasteiger charge is -2.25. The van der Waals surface area contributed by atoms with Crippen molar-refractivity contribution in [2.45, 2.75) is 32.2 Å². The second-order valence-corrected chi connectivity index (χ2v) is 11.7. The predicted octanol–water partition coefficient (Wildman–Crippen LogP) is 5.05. The van der Waals surface area contributed by atoms with E-state index in [9.17, 15) is 5.21 Å². The second-order valence-electron chi connectivity index (χ2n) is 6.66.